The number of hydrogen-bond donors (Lipinski definition) is 1. The molecular weight excluding hydrogens is 589 g/mol. The Bertz CT molecular complexity index is 1670. The van der Waals surface area contributed by atoms with Gasteiger partial charge in [-0.15, -0.1) is 0 Å². The summed E-state index contributed by atoms with van der Waals surface area (Å²) in [4.78, 5) is 30.0. The molecule has 11 nitrogen and oxygen atoms in total. The van der Waals surface area contributed by atoms with Gasteiger partial charge in [-0.05, 0) is 49.3 Å². The van der Waals surface area contributed by atoms with Crippen LogP contribution in [0.1, 0.15) is 36.1 Å². The minimum atomic E-state index is -1.01. The summed E-state index contributed by atoms with van der Waals surface area (Å²) in [6.45, 7) is 9.01. The molecule has 46 heavy (non-hydrogen) atoms. The van der Waals surface area contributed by atoms with Crippen molar-refractivity contribution >= 4 is 28.4 Å². The Hall–Kier alpha value is -4.21. The molecule has 2 saturated heterocycles. The molecule has 1 aromatic heterocycles. The standard InChI is InChI=1S/C34H40FN7O4/c1-23-27(35)6-5-24-3-2-4-29(30(23)24)40-12-8-26-28(20-40)37-32(46-22-34(9-10-34)21-39-15-17-45-18-16-39)38-31(26)41-13-14-42(33(43)44)25(19-41)7-11-36/h2-6,25H,7-10,12-22H2,1H3,(H,43,44). The molecule has 1 N–H and O–H groups in total. The second kappa shape index (κ2) is 12.5. The van der Waals surface area contributed by atoms with Gasteiger partial charge in [-0.25, -0.2) is 9.18 Å². The molecule has 3 fully saturated rings. The Morgan fingerprint density at radius 2 is 1.96 bits per heavy atom. The number of amides is 1. The third-order valence-electron chi connectivity index (χ3n) is 10.1. The lowest BCUT2D eigenvalue weighted by atomic mass is 9.99. The average Bonchev–Trinajstić information content (AvgIpc) is 3.84. The van der Waals surface area contributed by atoms with E-state index in [-0.39, 0.29) is 24.2 Å². The van der Waals surface area contributed by atoms with Crippen LogP contribution in [0.2, 0.25) is 0 Å². The number of nitrogens with zero attached hydrogens (tertiary/aromatic N) is 7. The highest BCUT2D eigenvalue weighted by molar-refractivity contribution is 5.97. The fraction of sp³-hybridized carbons (Fsp3) is 0.529. The van der Waals surface area contributed by atoms with Gasteiger partial charge in [0, 0.05) is 67.9 Å². The van der Waals surface area contributed by atoms with Gasteiger partial charge in [-0.3, -0.25) is 4.90 Å². The van der Waals surface area contributed by atoms with E-state index in [9.17, 15) is 19.6 Å². The van der Waals surface area contributed by atoms with E-state index in [1.165, 1.54) is 11.0 Å². The lowest BCUT2D eigenvalue weighted by molar-refractivity contribution is 0.0231. The number of anilines is 2. The summed E-state index contributed by atoms with van der Waals surface area (Å²) in [6.07, 6.45) is 1.95. The molecule has 1 atom stereocenters. The van der Waals surface area contributed by atoms with Crippen molar-refractivity contribution < 1.29 is 23.8 Å². The number of carboxylic acid groups (broad SMARTS) is 1. The molecule has 7 rings (SSSR count). The zero-order valence-corrected chi connectivity index (χ0v) is 26.3. The second-order valence-electron chi connectivity index (χ2n) is 13.1. The van der Waals surface area contributed by atoms with Crippen molar-refractivity contribution in [3.63, 3.8) is 0 Å². The molecule has 3 aromatic rings. The van der Waals surface area contributed by atoms with Gasteiger partial charge in [0.05, 0.1) is 50.6 Å². The van der Waals surface area contributed by atoms with Crippen LogP contribution in [0, 0.1) is 29.5 Å². The number of ether oxygens (including phenoxy) is 2. The summed E-state index contributed by atoms with van der Waals surface area (Å²) in [6, 6.07) is 11.4. The molecule has 4 heterocycles. The van der Waals surface area contributed by atoms with Crippen molar-refractivity contribution in [1.29, 1.82) is 5.26 Å². The fourth-order valence-electron chi connectivity index (χ4n) is 7.25. The Kier molecular flexibility index (Phi) is 8.29. The Balaban J connectivity index is 1.20. The highest BCUT2D eigenvalue weighted by atomic mass is 19.1. The molecule has 1 saturated carbocycles. The molecule has 2 aromatic carbocycles. The molecule has 0 radical (unpaired) electrons. The summed E-state index contributed by atoms with van der Waals surface area (Å²) in [7, 11) is 0. The second-order valence-corrected chi connectivity index (χ2v) is 13.1. The number of fused-ring (bicyclic) bond motifs is 2. The lowest BCUT2D eigenvalue weighted by Crippen LogP contribution is -2.55. The monoisotopic (exact) mass is 629 g/mol. The first-order chi connectivity index (χ1) is 22.3. The maximum Gasteiger partial charge on any atom is 0.407 e. The van der Waals surface area contributed by atoms with Crippen molar-refractivity contribution in [1.82, 2.24) is 19.8 Å². The first-order valence-corrected chi connectivity index (χ1v) is 16.2. The van der Waals surface area contributed by atoms with Gasteiger partial charge in [0.15, 0.2) is 0 Å². The van der Waals surface area contributed by atoms with E-state index < -0.39 is 12.1 Å². The number of piperazine rings is 1. The third kappa shape index (κ3) is 6.01. The Labute approximate surface area is 268 Å². The molecule has 1 unspecified atom stereocenters. The molecule has 12 heteroatoms. The molecular formula is C34H40FN7O4. The van der Waals surface area contributed by atoms with Crippen LogP contribution in [0.15, 0.2) is 30.3 Å². The third-order valence-corrected chi connectivity index (χ3v) is 10.1. The van der Waals surface area contributed by atoms with Crippen molar-refractivity contribution in [2.75, 3.05) is 75.4 Å². The number of halogens is 1. The summed E-state index contributed by atoms with van der Waals surface area (Å²) in [5.74, 6) is 0.530. The van der Waals surface area contributed by atoms with Crippen LogP contribution in [0.5, 0.6) is 6.01 Å². The lowest BCUT2D eigenvalue weighted by Gasteiger charge is -2.41. The van der Waals surface area contributed by atoms with Gasteiger partial charge in [0.25, 0.3) is 0 Å². The quantitative estimate of drug-likeness (QED) is 0.388. The molecule has 4 aliphatic rings. The number of morpholine rings is 1. The zero-order chi connectivity index (χ0) is 31.8. The van der Waals surface area contributed by atoms with Crippen molar-refractivity contribution in [2.24, 2.45) is 5.41 Å². The summed E-state index contributed by atoms with van der Waals surface area (Å²) < 4.78 is 26.7. The van der Waals surface area contributed by atoms with E-state index >= 15 is 0 Å². The van der Waals surface area contributed by atoms with E-state index in [1.807, 2.05) is 31.2 Å². The van der Waals surface area contributed by atoms with E-state index in [0.717, 1.165) is 79.2 Å². The SMILES string of the molecule is Cc1c(F)ccc2cccc(N3CCc4c(nc(OCC5(CN6CCOCC6)CC5)nc4N4CCN(C(=O)O)C(CC#N)C4)C3)c12. The number of rotatable bonds is 8. The van der Waals surface area contributed by atoms with Gasteiger partial charge in [-0.1, -0.05) is 18.2 Å². The molecule has 3 aliphatic heterocycles. The van der Waals surface area contributed by atoms with E-state index in [0.29, 0.717) is 50.8 Å². The van der Waals surface area contributed by atoms with Crippen molar-refractivity contribution in [3.8, 4) is 12.1 Å². The number of aromatic nitrogens is 2. The van der Waals surface area contributed by atoms with Gasteiger partial charge in [0.1, 0.15) is 11.6 Å². The Morgan fingerprint density at radius 1 is 1.13 bits per heavy atom. The molecule has 1 amide bonds. The first kappa shape index (κ1) is 30.4. The van der Waals surface area contributed by atoms with Gasteiger partial charge >= 0.3 is 12.1 Å². The molecule has 0 spiro atoms. The average molecular weight is 630 g/mol. The maximum absolute atomic E-state index is 14.7. The van der Waals surface area contributed by atoms with Crippen molar-refractivity contribution in [2.45, 2.75) is 45.2 Å². The number of carbonyl (C=O) groups is 1. The predicted octanol–water partition coefficient (Wildman–Crippen LogP) is 4.21. The topological polar surface area (TPSA) is 118 Å². The highest BCUT2D eigenvalue weighted by Crippen LogP contribution is 2.47. The number of nitriles is 1. The number of benzene rings is 2. The normalized spacial score (nSPS) is 21.2. The van der Waals surface area contributed by atoms with Gasteiger partial charge < -0.3 is 29.3 Å². The van der Waals surface area contributed by atoms with Crippen LogP contribution >= 0.6 is 0 Å². The number of aryl methyl sites for hydroxylation is 1. The zero-order valence-electron chi connectivity index (χ0n) is 26.3. The van der Waals surface area contributed by atoms with Crippen LogP contribution in [0.3, 0.4) is 0 Å². The highest BCUT2D eigenvalue weighted by Gasteiger charge is 2.45. The van der Waals surface area contributed by atoms with Crippen LogP contribution in [-0.4, -0.2) is 103 Å². The summed E-state index contributed by atoms with van der Waals surface area (Å²) in [5, 5.41) is 21.1. The predicted molar refractivity (Wildman–Crippen MR) is 171 cm³/mol. The molecule has 1 aliphatic carbocycles. The number of hydrogen-bond acceptors (Lipinski definition) is 9. The minimum absolute atomic E-state index is 0.0817. The van der Waals surface area contributed by atoms with E-state index in [1.54, 1.807) is 0 Å². The fourth-order valence-corrected chi connectivity index (χ4v) is 7.25. The largest absolute Gasteiger partial charge is 0.465 e. The van der Waals surface area contributed by atoms with Gasteiger partial charge in [0.2, 0.25) is 0 Å². The van der Waals surface area contributed by atoms with Crippen LogP contribution in [0.4, 0.5) is 20.7 Å². The molecule has 242 valence electrons. The van der Waals surface area contributed by atoms with E-state index in [2.05, 4.69) is 20.8 Å². The summed E-state index contributed by atoms with van der Waals surface area (Å²) in [5.41, 5.74) is 3.54. The van der Waals surface area contributed by atoms with Crippen LogP contribution < -0.4 is 14.5 Å². The van der Waals surface area contributed by atoms with Crippen molar-refractivity contribution in [3.05, 3.63) is 53.0 Å². The molecule has 0 bridgehead atoms. The Morgan fingerprint density at radius 3 is 2.72 bits per heavy atom. The first-order valence-electron chi connectivity index (χ1n) is 16.2. The van der Waals surface area contributed by atoms with Gasteiger partial charge in [-0.2, -0.15) is 15.2 Å². The minimum Gasteiger partial charge on any atom is -0.465 e. The van der Waals surface area contributed by atoms with Crippen LogP contribution in [-0.2, 0) is 17.7 Å². The van der Waals surface area contributed by atoms with Crippen LogP contribution in [0.25, 0.3) is 10.8 Å². The van der Waals surface area contributed by atoms with E-state index in [4.69, 9.17) is 19.4 Å². The summed E-state index contributed by atoms with van der Waals surface area (Å²) >= 11 is 0. The maximum atomic E-state index is 14.7. The smallest absolute Gasteiger partial charge is 0.407 e.